The molecule has 0 radical (unpaired) electrons. The Balaban J connectivity index is 1.47. The number of nitrogens with zero attached hydrogens (tertiary/aromatic N) is 1. The van der Waals surface area contributed by atoms with Gasteiger partial charge in [-0.3, -0.25) is 24.6 Å². The summed E-state index contributed by atoms with van der Waals surface area (Å²) in [6.45, 7) is 7.75. The van der Waals surface area contributed by atoms with E-state index in [1.54, 1.807) is 0 Å². The number of ether oxygens (including phenoxy) is 1. The molecule has 1 aromatic carbocycles. The third-order valence-electron chi connectivity index (χ3n) is 5.32. The summed E-state index contributed by atoms with van der Waals surface area (Å²) in [7, 11) is 0. The number of carbonyl (C=O) groups excluding carboxylic acids is 3. The lowest BCUT2D eigenvalue weighted by Gasteiger charge is -2.32. The highest BCUT2D eigenvalue weighted by Crippen LogP contribution is 2.29. The summed E-state index contributed by atoms with van der Waals surface area (Å²) in [4.78, 5) is 37.3. The summed E-state index contributed by atoms with van der Waals surface area (Å²) in [5.41, 5.74) is 1.71. The van der Waals surface area contributed by atoms with E-state index in [4.69, 9.17) is 4.74 Å². The molecular weight excluding hydrogens is 370 g/mol. The second-order valence-corrected chi connectivity index (χ2v) is 8.91. The van der Waals surface area contributed by atoms with E-state index in [9.17, 15) is 14.4 Å². The first-order chi connectivity index (χ1) is 13.7. The molecule has 2 amide bonds. The van der Waals surface area contributed by atoms with Crippen molar-refractivity contribution in [1.29, 1.82) is 0 Å². The zero-order chi connectivity index (χ0) is 21.0. The molecule has 2 fully saturated rings. The van der Waals surface area contributed by atoms with E-state index in [0.717, 1.165) is 31.6 Å². The largest absolute Gasteiger partial charge is 0.459 e. The third kappa shape index (κ3) is 6.29. The Labute approximate surface area is 172 Å². The number of anilines is 1. The fourth-order valence-corrected chi connectivity index (χ4v) is 3.86. The Bertz CT molecular complexity index is 746. The molecule has 2 aliphatic rings. The van der Waals surface area contributed by atoms with E-state index in [1.807, 2.05) is 32.9 Å². The minimum atomic E-state index is -0.445. The van der Waals surface area contributed by atoms with Crippen LogP contribution in [0.4, 0.5) is 5.69 Å². The molecule has 3 rings (SSSR count). The van der Waals surface area contributed by atoms with Gasteiger partial charge in [-0.1, -0.05) is 12.1 Å². The predicted molar refractivity (Wildman–Crippen MR) is 110 cm³/mol. The monoisotopic (exact) mass is 401 g/mol. The number of likely N-dealkylation sites (tertiary alicyclic amines) is 1. The van der Waals surface area contributed by atoms with E-state index in [1.165, 1.54) is 5.56 Å². The summed E-state index contributed by atoms with van der Waals surface area (Å²) in [6.07, 6.45) is 2.89. The number of esters is 1. The van der Waals surface area contributed by atoms with Crippen LogP contribution in [0.5, 0.6) is 0 Å². The van der Waals surface area contributed by atoms with Crippen LogP contribution < -0.4 is 10.6 Å². The summed E-state index contributed by atoms with van der Waals surface area (Å²) in [5, 5.41) is 5.57. The minimum Gasteiger partial charge on any atom is -0.459 e. The molecule has 2 heterocycles. The van der Waals surface area contributed by atoms with Crippen LogP contribution in [-0.4, -0.2) is 54.0 Å². The van der Waals surface area contributed by atoms with Crippen molar-refractivity contribution >= 4 is 23.5 Å². The number of nitrogens with one attached hydrogen (secondary N) is 2. The molecule has 1 aromatic rings. The van der Waals surface area contributed by atoms with Crippen LogP contribution in [0, 0.1) is 0 Å². The van der Waals surface area contributed by atoms with Gasteiger partial charge in [-0.2, -0.15) is 0 Å². The number of benzene rings is 1. The molecule has 2 aliphatic heterocycles. The number of hydrogen-bond donors (Lipinski definition) is 2. The molecule has 0 spiro atoms. The molecule has 2 saturated heterocycles. The van der Waals surface area contributed by atoms with Crippen molar-refractivity contribution in [2.24, 2.45) is 0 Å². The average molecular weight is 402 g/mol. The number of carbonyl (C=O) groups is 3. The Kier molecular flexibility index (Phi) is 6.57. The van der Waals surface area contributed by atoms with Crippen molar-refractivity contribution in [3.63, 3.8) is 0 Å². The first-order valence-corrected chi connectivity index (χ1v) is 10.3. The van der Waals surface area contributed by atoms with Gasteiger partial charge in [-0.05, 0) is 76.7 Å². The number of amides is 2. The first-order valence-electron chi connectivity index (χ1n) is 10.3. The molecule has 158 valence electrons. The summed E-state index contributed by atoms with van der Waals surface area (Å²) in [5.74, 6) is -0.168. The maximum absolute atomic E-state index is 12.0. The van der Waals surface area contributed by atoms with E-state index < -0.39 is 5.60 Å². The van der Waals surface area contributed by atoms with Crippen molar-refractivity contribution in [2.75, 3.05) is 25.0 Å². The van der Waals surface area contributed by atoms with Crippen LogP contribution in [0.25, 0.3) is 0 Å². The number of hydrogen-bond acceptors (Lipinski definition) is 6. The Morgan fingerprint density at radius 2 is 1.79 bits per heavy atom. The maximum Gasteiger partial charge on any atom is 0.320 e. The molecule has 0 aliphatic carbocycles. The van der Waals surface area contributed by atoms with Crippen molar-refractivity contribution in [3.8, 4) is 0 Å². The van der Waals surface area contributed by atoms with Gasteiger partial charge in [-0.15, -0.1) is 0 Å². The second kappa shape index (κ2) is 8.95. The Morgan fingerprint density at radius 3 is 2.38 bits per heavy atom. The van der Waals surface area contributed by atoms with Gasteiger partial charge >= 0.3 is 5.97 Å². The summed E-state index contributed by atoms with van der Waals surface area (Å²) in [6, 6.07) is 7.82. The van der Waals surface area contributed by atoms with Gasteiger partial charge < -0.3 is 10.1 Å². The molecule has 7 nitrogen and oxygen atoms in total. The maximum atomic E-state index is 12.0. The molecule has 0 aromatic heterocycles. The number of imide groups is 1. The quantitative estimate of drug-likeness (QED) is 0.582. The van der Waals surface area contributed by atoms with Gasteiger partial charge in [0.25, 0.3) is 0 Å². The fraction of sp³-hybridized carbons (Fsp3) is 0.591. The number of piperidine rings is 2. The zero-order valence-electron chi connectivity index (χ0n) is 17.5. The highest BCUT2D eigenvalue weighted by atomic mass is 16.6. The SMILES string of the molecule is CC(C)(C)OC(=O)CN1CCC(c2ccc(N[C@H]3CCC(=O)NC3=O)cc2)CC1. The highest BCUT2D eigenvalue weighted by molar-refractivity contribution is 6.01. The van der Waals surface area contributed by atoms with E-state index in [-0.39, 0.29) is 23.8 Å². The van der Waals surface area contributed by atoms with Crippen LogP contribution in [0.2, 0.25) is 0 Å². The van der Waals surface area contributed by atoms with Gasteiger partial charge in [0, 0.05) is 12.1 Å². The molecule has 0 unspecified atom stereocenters. The van der Waals surface area contributed by atoms with Crippen molar-refractivity contribution in [2.45, 2.75) is 64.0 Å². The van der Waals surface area contributed by atoms with Crippen LogP contribution in [0.3, 0.4) is 0 Å². The Morgan fingerprint density at radius 1 is 1.14 bits per heavy atom. The van der Waals surface area contributed by atoms with Crippen LogP contribution in [0.15, 0.2) is 24.3 Å². The summed E-state index contributed by atoms with van der Waals surface area (Å²) < 4.78 is 5.41. The van der Waals surface area contributed by atoms with Gasteiger partial charge in [0.15, 0.2) is 0 Å². The zero-order valence-corrected chi connectivity index (χ0v) is 17.5. The number of rotatable bonds is 5. The van der Waals surface area contributed by atoms with E-state index >= 15 is 0 Å². The third-order valence-corrected chi connectivity index (χ3v) is 5.32. The van der Waals surface area contributed by atoms with Gasteiger partial charge in [0.1, 0.15) is 11.6 Å². The molecule has 0 saturated carbocycles. The van der Waals surface area contributed by atoms with E-state index in [0.29, 0.717) is 25.3 Å². The standard InChI is InChI=1S/C22H31N3O4/c1-22(2,3)29-20(27)14-25-12-10-16(11-13-25)15-4-6-17(7-5-15)23-18-8-9-19(26)24-21(18)28/h4-7,16,18,23H,8-14H2,1-3H3,(H,24,26,28)/t18-/m0/s1. The molecule has 29 heavy (non-hydrogen) atoms. The Hall–Kier alpha value is -2.41. The van der Waals surface area contributed by atoms with E-state index in [2.05, 4.69) is 27.7 Å². The second-order valence-electron chi connectivity index (χ2n) is 8.91. The van der Waals surface area contributed by atoms with Gasteiger partial charge in [-0.25, -0.2) is 0 Å². The van der Waals surface area contributed by atoms with Crippen molar-refractivity contribution in [3.05, 3.63) is 29.8 Å². The smallest absolute Gasteiger partial charge is 0.320 e. The first kappa shape index (κ1) is 21.3. The van der Waals surface area contributed by atoms with Crippen LogP contribution in [-0.2, 0) is 19.1 Å². The van der Waals surface area contributed by atoms with Gasteiger partial charge in [0.2, 0.25) is 11.8 Å². The highest BCUT2D eigenvalue weighted by Gasteiger charge is 2.27. The fourth-order valence-electron chi connectivity index (χ4n) is 3.86. The predicted octanol–water partition coefficient (Wildman–Crippen LogP) is 2.42. The lowest BCUT2D eigenvalue weighted by atomic mass is 9.89. The topological polar surface area (TPSA) is 87.7 Å². The normalized spacial score (nSPS) is 21.6. The van der Waals surface area contributed by atoms with Crippen LogP contribution >= 0.6 is 0 Å². The molecule has 7 heteroatoms. The van der Waals surface area contributed by atoms with Gasteiger partial charge in [0.05, 0.1) is 6.54 Å². The van der Waals surface area contributed by atoms with Crippen LogP contribution in [0.1, 0.15) is 57.9 Å². The average Bonchev–Trinajstić information content (AvgIpc) is 2.64. The lowest BCUT2D eigenvalue weighted by molar-refractivity contribution is -0.156. The lowest BCUT2D eigenvalue weighted by Crippen LogP contribution is -2.47. The molecule has 0 bridgehead atoms. The molecular formula is C22H31N3O4. The van der Waals surface area contributed by atoms with Crippen molar-refractivity contribution < 1.29 is 19.1 Å². The van der Waals surface area contributed by atoms with Crippen molar-refractivity contribution in [1.82, 2.24) is 10.2 Å². The summed E-state index contributed by atoms with van der Waals surface area (Å²) >= 11 is 0. The minimum absolute atomic E-state index is 0.167. The molecule has 1 atom stereocenters. The molecule has 2 N–H and O–H groups in total.